The Morgan fingerprint density at radius 3 is 2.71 bits per heavy atom. The Labute approximate surface area is 154 Å². The van der Waals surface area contributed by atoms with Crippen LogP contribution in [0, 0.1) is 0 Å². The second-order valence-corrected chi connectivity index (χ2v) is 5.63. The van der Waals surface area contributed by atoms with Crippen LogP contribution >= 0.6 is 36.2 Å². The van der Waals surface area contributed by atoms with E-state index >= 15 is 0 Å². The number of carboxylic acid groups (broad SMARTS) is 1. The number of ether oxygens (including phenoxy) is 1. The van der Waals surface area contributed by atoms with Gasteiger partial charge in [-0.2, -0.15) is 0 Å². The second-order valence-electron chi connectivity index (χ2n) is 4.55. The molecule has 6 nitrogen and oxygen atoms in total. The van der Waals surface area contributed by atoms with Gasteiger partial charge in [0.15, 0.2) is 5.69 Å². The minimum absolute atomic E-state index is 0. The maximum absolute atomic E-state index is 11.2. The average molecular weight is 388 g/mol. The van der Waals surface area contributed by atoms with E-state index in [0.29, 0.717) is 17.8 Å². The molecule has 0 unspecified atom stereocenters. The van der Waals surface area contributed by atoms with Crippen LogP contribution < -0.4 is 10.1 Å². The van der Waals surface area contributed by atoms with Crippen molar-refractivity contribution in [1.82, 2.24) is 9.97 Å². The summed E-state index contributed by atoms with van der Waals surface area (Å²) >= 11 is 1.50. The molecule has 0 bridgehead atoms. The number of carbonyl (C=O) groups is 1. The molecule has 0 fully saturated rings. The molecule has 3 heterocycles. The van der Waals surface area contributed by atoms with Crippen molar-refractivity contribution in [3.8, 4) is 5.88 Å². The van der Waals surface area contributed by atoms with Crippen LogP contribution in [-0.4, -0.2) is 28.2 Å². The largest absolute Gasteiger partial charge is 0.481 e. The van der Waals surface area contributed by atoms with Gasteiger partial charge >= 0.3 is 5.97 Å². The molecular weight excluding hydrogens is 373 g/mol. The minimum Gasteiger partial charge on any atom is -0.481 e. The predicted molar refractivity (Wildman–Crippen MR) is 99.2 cm³/mol. The van der Waals surface area contributed by atoms with Crippen LogP contribution in [0.5, 0.6) is 5.88 Å². The van der Waals surface area contributed by atoms with Gasteiger partial charge in [0.2, 0.25) is 5.88 Å². The lowest BCUT2D eigenvalue weighted by molar-refractivity contribution is 0.0693. The van der Waals surface area contributed by atoms with E-state index in [1.54, 1.807) is 19.4 Å². The van der Waals surface area contributed by atoms with Crippen molar-refractivity contribution in [2.24, 2.45) is 0 Å². The number of aromatic nitrogens is 2. The summed E-state index contributed by atoms with van der Waals surface area (Å²) in [7, 11) is 1.57. The molecular formula is C15H15Cl2N3O3S. The second kappa shape index (κ2) is 8.68. The van der Waals surface area contributed by atoms with Crippen molar-refractivity contribution in [3.63, 3.8) is 0 Å². The number of nitrogens with zero attached hydrogens (tertiary/aromatic N) is 2. The number of aromatic carboxylic acids is 1. The van der Waals surface area contributed by atoms with Gasteiger partial charge in [0.05, 0.1) is 12.1 Å². The van der Waals surface area contributed by atoms with E-state index in [9.17, 15) is 4.79 Å². The first-order valence-electron chi connectivity index (χ1n) is 6.52. The number of pyridine rings is 2. The quantitative estimate of drug-likeness (QED) is 0.691. The molecule has 0 spiro atoms. The number of nitrogens with one attached hydrogen (secondary N) is 1. The van der Waals surface area contributed by atoms with Gasteiger partial charge in [-0.1, -0.05) is 6.07 Å². The molecule has 3 aromatic heterocycles. The van der Waals surface area contributed by atoms with Crippen molar-refractivity contribution in [1.29, 1.82) is 0 Å². The summed E-state index contributed by atoms with van der Waals surface area (Å²) in [5.41, 5.74) is 1.09. The maximum Gasteiger partial charge on any atom is 0.355 e. The summed E-state index contributed by atoms with van der Waals surface area (Å²) in [6.45, 7) is 0.597. The lowest BCUT2D eigenvalue weighted by Gasteiger charge is -2.04. The first kappa shape index (κ1) is 20.0. The van der Waals surface area contributed by atoms with Gasteiger partial charge in [0.25, 0.3) is 0 Å². The zero-order valence-corrected chi connectivity index (χ0v) is 15.0. The normalized spacial score (nSPS) is 9.71. The van der Waals surface area contributed by atoms with Crippen molar-refractivity contribution < 1.29 is 14.6 Å². The SMILES string of the molecule is COc1ccc(CNc2cc3c(C(=O)O)nccc3s2)cn1.Cl.Cl. The highest BCUT2D eigenvalue weighted by Crippen LogP contribution is 2.31. The first-order valence-corrected chi connectivity index (χ1v) is 7.33. The van der Waals surface area contributed by atoms with Crippen molar-refractivity contribution >= 4 is 57.2 Å². The molecule has 0 radical (unpaired) electrons. The average Bonchev–Trinajstić information content (AvgIpc) is 2.96. The number of hydrogen-bond acceptors (Lipinski definition) is 6. The number of fused-ring (bicyclic) bond motifs is 1. The van der Waals surface area contributed by atoms with Gasteiger partial charge in [-0.25, -0.2) is 14.8 Å². The van der Waals surface area contributed by atoms with Crippen molar-refractivity contribution in [3.05, 3.63) is 47.9 Å². The van der Waals surface area contributed by atoms with Crippen molar-refractivity contribution in [2.75, 3.05) is 12.4 Å². The Bertz CT molecular complexity index is 824. The Balaban J connectivity index is 0.00000144. The van der Waals surface area contributed by atoms with Crippen LogP contribution in [0.3, 0.4) is 0 Å². The molecule has 0 saturated heterocycles. The number of methoxy groups -OCH3 is 1. The molecule has 128 valence electrons. The topological polar surface area (TPSA) is 84.3 Å². The van der Waals surface area contributed by atoms with Crippen LogP contribution in [0.4, 0.5) is 5.00 Å². The van der Waals surface area contributed by atoms with Crippen LogP contribution in [0.1, 0.15) is 16.1 Å². The Morgan fingerprint density at radius 1 is 1.29 bits per heavy atom. The zero-order valence-electron chi connectivity index (χ0n) is 12.6. The van der Waals surface area contributed by atoms with Crippen LogP contribution in [0.25, 0.3) is 10.1 Å². The summed E-state index contributed by atoms with van der Waals surface area (Å²) < 4.78 is 5.91. The molecule has 9 heteroatoms. The molecule has 2 N–H and O–H groups in total. The number of halogens is 2. The fraction of sp³-hybridized carbons (Fsp3) is 0.133. The molecule has 0 aromatic carbocycles. The summed E-state index contributed by atoms with van der Waals surface area (Å²) in [4.78, 5) is 19.2. The highest BCUT2D eigenvalue weighted by Gasteiger charge is 2.12. The molecule has 3 rings (SSSR count). The molecule has 0 aliphatic heterocycles. The van der Waals surface area contributed by atoms with Gasteiger partial charge < -0.3 is 15.2 Å². The lowest BCUT2D eigenvalue weighted by atomic mass is 10.2. The summed E-state index contributed by atoms with van der Waals surface area (Å²) in [6.07, 6.45) is 3.25. The number of hydrogen-bond donors (Lipinski definition) is 2. The van der Waals surface area contributed by atoms with Gasteiger partial charge in [0, 0.05) is 35.1 Å². The maximum atomic E-state index is 11.2. The first-order chi connectivity index (χ1) is 10.7. The molecule has 0 aliphatic carbocycles. The third-order valence-corrected chi connectivity index (χ3v) is 4.18. The third kappa shape index (κ3) is 4.25. The van der Waals surface area contributed by atoms with E-state index in [2.05, 4.69) is 15.3 Å². The number of carboxylic acids is 1. The highest BCUT2D eigenvalue weighted by atomic mass is 35.5. The fourth-order valence-corrected chi connectivity index (χ4v) is 3.00. The number of anilines is 1. The van der Waals surface area contributed by atoms with Crippen LogP contribution in [-0.2, 0) is 6.54 Å². The van der Waals surface area contributed by atoms with Gasteiger partial charge in [-0.05, 0) is 17.7 Å². The summed E-state index contributed by atoms with van der Waals surface area (Å²) in [5, 5.41) is 14.0. The van der Waals surface area contributed by atoms with E-state index in [0.717, 1.165) is 15.3 Å². The lowest BCUT2D eigenvalue weighted by Crippen LogP contribution is -2.00. The molecule has 24 heavy (non-hydrogen) atoms. The Kier molecular flexibility index (Phi) is 7.21. The molecule has 0 amide bonds. The van der Waals surface area contributed by atoms with Crippen molar-refractivity contribution in [2.45, 2.75) is 6.54 Å². The highest BCUT2D eigenvalue weighted by molar-refractivity contribution is 7.22. The number of thiophene rings is 1. The Morgan fingerprint density at radius 2 is 2.08 bits per heavy atom. The molecule has 3 aromatic rings. The van der Waals surface area contributed by atoms with E-state index in [1.165, 1.54) is 17.5 Å². The van der Waals surface area contributed by atoms with E-state index < -0.39 is 5.97 Å². The number of rotatable bonds is 5. The van der Waals surface area contributed by atoms with Gasteiger partial charge in [0.1, 0.15) is 0 Å². The Hall–Kier alpha value is -2.09. The fourth-order valence-electron chi connectivity index (χ4n) is 2.05. The monoisotopic (exact) mass is 387 g/mol. The van der Waals surface area contributed by atoms with Gasteiger partial charge in [-0.3, -0.25) is 0 Å². The van der Waals surface area contributed by atoms with Crippen LogP contribution in [0.2, 0.25) is 0 Å². The summed E-state index contributed by atoms with van der Waals surface area (Å²) in [6, 6.07) is 7.35. The third-order valence-electron chi connectivity index (χ3n) is 3.12. The van der Waals surface area contributed by atoms with E-state index in [4.69, 9.17) is 9.84 Å². The smallest absolute Gasteiger partial charge is 0.355 e. The van der Waals surface area contributed by atoms with Gasteiger partial charge in [-0.15, -0.1) is 36.2 Å². The predicted octanol–water partition coefficient (Wildman–Crippen LogP) is 3.85. The standard InChI is InChI=1S/C15H13N3O3S.2ClH/c1-21-12-3-2-9(7-17-12)8-18-13-6-10-11(22-13)4-5-16-14(10)15(19)20;;/h2-7,18H,8H2,1H3,(H,19,20);2*1H. The minimum atomic E-state index is -1.02. The van der Waals surface area contributed by atoms with Crippen LogP contribution in [0.15, 0.2) is 36.7 Å². The molecule has 0 atom stereocenters. The molecule has 0 aliphatic rings. The molecule has 0 saturated carbocycles. The zero-order chi connectivity index (χ0) is 15.5. The summed E-state index contributed by atoms with van der Waals surface area (Å²) in [5.74, 6) is -0.447. The van der Waals surface area contributed by atoms with E-state index in [-0.39, 0.29) is 30.5 Å². The van der Waals surface area contributed by atoms with E-state index in [1.807, 2.05) is 18.2 Å².